The highest BCUT2D eigenvalue weighted by atomic mass is 79.9. The molecule has 0 spiro atoms. The molecule has 0 aliphatic heterocycles. The standard InChI is InChI=1S/C12H14N4O3.C8H9BrO.C8H9N3O.C4H5NO2/c1-3-19-12(17)11-13-14-15-16(11)8-9-4-6-10(18-2)7-5-9;1-10-8-4-2-7(6-9)3-5-8;1-12-8-4-2-7(3-5-8)6-10-11-9;1-3-7-4(6)5-2/h4-7H,3,8H2,1-2H3;2-5H,6H2,1H3;2-5H,6H2,1H3;3H2,1H3. The first-order valence-electron chi connectivity index (χ1n) is 14.2. The predicted molar refractivity (Wildman–Crippen MR) is 181 cm³/mol. The number of esters is 1. The summed E-state index contributed by atoms with van der Waals surface area (Å²) in [5.41, 5.74) is 11.3. The van der Waals surface area contributed by atoms with Gasteiger partial charge in [-0.15, -0.1) is 5.10 Å². The third-order valence-electron chi connectivity index (χ3n) is 5.63. The van der Waals surface area contributed by atoms with Crippen LogP contribution in [0.25, 0.3) is 15.3 Å². The van der Waals surface area contributed by atoms with E-state index in [0.29, 0.717) is 13.1 Å². The number of alkyl halides is 1. The van der Waals surface area contributed by atoms with Crippen LogP contribution in [-0.2, 0) is 27.9 Å². The van der Waals surface area contributed by atoms with Gasteiger partial charge in [0.15, 0.2) is 0 Å². The summed E-state index contributed by atoms with van der Waals surface area (Å²) in [5.74, 6) is 2.05. The van der Waals surface area contributed by atoms with E-state index in [-0.39, 0.29) is 19.0 Å². The Morgan fingerprint density at radius 2 is 1.29 bits per heavy atom. The second kappa shape index (κ2) is 24.6. The zero-order valence-electron chi connectivity index (χ0n) is 27.3. The van der Waals surface area contributed by atoms with E-state index in [9.17, 15) is 9.59 Å². The van der Waals surface area contributed by atoms with Crippen molar-refractivity contribution in [1.82, 2.24) is 20.2 Å². The van der Waals surface area contributed by atoms with Crippen LogP contribution in [0.1, 0.15) is 41.2 Å². The van der Waals surface area contributed by atoms with Gasteiger partial charge in [-0.3, -0.25) is 4.79 Å². The molecule has 1 aromatic heterocycles. The third kappa shape index (κ3) is 16.1. The van der Waals surface area contributed by atoms with Gasteiger partial charge in [0.25, 0.3) is 5.82 Å². The van der Waals surface area contributed by atoms with Crippen molar-refractivity contribution in [3.8, 4) is 17.2 Å². The summed E-state index contributed by atoms with van der Waals surface area (Å²) in [6, 6.07) is 22.8. The van der Waals surface area contributed by atoms with Gasteiger partial charge in [-0.05, 0) is 82.9 Å². The Hall–Kier alpha value is -5.65. The Bertz CT molecular complexity index is 1560. The number of rotatable bonds is 11. The summed E-state index contributed by atoms with van der Waals surface area (Å²) in [6.07, 6.45) is -0.831. The van der Waals surface area contributed by atoms with Crippen molar-refractivity contribution < 1.29 is 33.3 Å². The van der Waals surface area contributed by atoms with Gasteiger partial charge in [-0.2, -0.15) is 4.85 Å². The molecule has 4 aromatic rings. The molecule has 3 aromatic carbocycles. The van der Waals surface area contributed by atoms with Crippen molar-refractivity contribution in [2.45, 2.75) is 32.3 Å². The van der Waals surface area contributed by atoms with E-state index in [1.54, 1.807) is 35.2 Å². The van der Waals surface area contributed by atoms with Crippen LogP contribution in [0.5, 0.6) is 17.2 Å². The lowest BCUT2D eigenvalue weighted by Crippen LogP contribution is -2.15. The lowest BCUT2D eigenvalue weighted by molar-refractivity contribution is 0.0505. The maximum absolute atomic E-state index is 11.6. The number of hydrogen-bond acceptors (Lipinski definition) is 11. The smallest absolute Gasteiger partial charge is 0.497 e. The first-order valence-corrected chi connectivity index (χ1v) is 15.3. The summed E-state index contributed by atoms with van der Waals surface area (Å²) in [7, 11) is 4.89. The van der Waals surface area contributed by atoms with Gasteiger partial charge in [-0.25, -0.2) is 9.48 Å². The number of methoxy groups -OCH3 is 3. The topological polar surface area (TPSA) is 177 Å². The molecule has 0 saturated carbocycles. The lowest BCUT2D eigenvalue weighted by atomic mass is 10.2. The number of ether oxygens (including phenoxy) is 5. The first-order chi connectivity index (χ1) is 23.3. The molecular weight excluding hydrogens is 688 g/mol. The van der Waals surface area contributed by atoms with E-state index in [1.165, 1.54) is 10.2 Å². The molecule has 0 fully saturated rings. The molecule has 1 amide bonds. The van der Waals surface area contributed by atoms with Gasteiger partial charge in [0.2, 0.25) is 0 Å². The third-order valence-corrected chi connectivity index (χ3v) is 6.28. The molecule has 0 radical (unpaired) electrons. The van der Waals surface area contributed by atoms with Crippen LogP contribution < -0.4 is 14.2 Å². The number of nitrogens with zero attached hydrogens (tertiary/aromatic N) is 8. The van der Waals surface area contributed by atoms with E-state index in [4.69, 9.17) is 31.1 Å². The van der Waals surface area contributed by atoms with Gasteiger partial charge in [0, 0.05) is 10.2 Å². The Morgan fingerprint density at radius 3 is 1.69 bits per heavy atom. The summed E-state index contributed by atoms with van der Waals surface area (Å²) >= 11 is 3.36. The van der Waals surface area contributed by atoms with E-state index >= 15 is 0 Å². The minimum atomic E-state index is -0.831. The summed E-state index contributed by atoms with van der Waals surface area (Å²) in [5, 5.41) is 15.3. The Morgan fingerprint density at radius 1 is 0.812 bits per heavy atom. The van der Waals surface area contributed by atoms with Crippen LogP contribution in [0.15, 0.2) is 77.9 Å². The highest BCUT2D eigenvalue weighted by Gasteiger charge is 2.16. The molecule has 0 aliphatic carbocycles. The predicted octanol–water partition coefficient (Wildman–Crippen LogP) is 7.06. The van der Waals surface area contributed by atoms with Crippen molar-refractivity contribution in [2.75, 3.05) is 34.5 Å². The number of carbonyl (C=O) groups excluding carboxylic acids is 2. The van der Waals surface area contributed by atoms with E-state index < -0.39 is 12.1 Å². The molecule has 0 unspecified atom stereocenters. The normalized spacial score (nSPS) is 9.19. The summed E-state index contributed by atoms with van der Waals surface area (Å²) in [6.45, 7) is 10.8. The van der Waals surface area contributed by atoms with E-state index in [2.05, 4.69) is 51.1 Å². The molecule has 0 saturated heterocycles. The molecule has 15 nitrogen and oxygen atoms in total. The maximum atomic E-state index is 11.6. The zero-order valence-corrected chi connectivity index (χ0v) is 28.9. The van der Waals surface area contributed by atoms with Crippen LogP contribution >= 0.6 is 15.9 Å². The van der Waals surface area contributed by atoms with Crippen LogP contribution in [-0.4, -0.2) is 66.8 Å². The molecule has 48 heavy (non-hydrogen) atoms. The van der Waals surface area contributed by atoms with E-state index in [0.717, 1.165) is 33.7 Å². The lowest BCUT2D eigenvalue weighted by Gasteiger charge is -2.05. The Labute approximate surface area is 287 Å². The monoisotopic (exact) mass is 724 g/mol. The number of azide groups is 1. The molecular formula is C32H37BrN8O7. The number of hydrogen-bond donors (Lipinski definition) is 0. The highest BCUT2D eigenvalue weighted by molar-refractivity contribution is 9.08. The zero-order chi connectivity index (χ0) is 35.6. The molecule has 0 N–H and O–H groups in total. The fraction of sp³-hybridized carbons (Fsp3) is 0.312. The molecule has 0 bridgehead atoms. The number of tetrazole rings is 1. The molecule has 0 aliphatic rings. The minimum Gasteiger partial charge on any atom is -0.497 e. The van der Waals surface area contributed by atoms with E-state index in [1.807, 2.05) is 72.8 Å². The molecule has 16 heteroatoms. The minimum absolute atomic E-state index is 0.0951. The number of carbonyl (C=O) groups is 2. The molecule has 254 valence electrons. The average molecular weight is 726 g/mol. The molecule has 0 atom stereocenters. The maximum Gasteiger partial charge on any atom is 0.561 e. The second-order valence-corrected chi connectivity index (χ2v) is 9.32. The van der Waals surface area contributed by atoms with Gasteiger partial charge in [0.1, 0.15) is 23.8 Å². The van der Waals surface area contributed by atoms with Crippen molar-refractivity contribution in [3.05, 3.63) is 117 Å². The van der Waals surface area contributed by atoms with Crippen molar-refractivity contribution >= 4 is 28.0 Å². The van der Waals surface area contributed by atoms with Gasteiger partial charge < -0.3 is 23.7 Å². The first kappa shape index (κ1) is 40.4. The van der Waals surface area contributed by atoms with Crippen molar-refractivity contribution in [2.24, 2.45) is 5.11 Å². The van der Waals surface area contributed by atoms with Gasteiger partial charge in [-0.1, -0.05) is 57.4 Å². The number of aromatic nitrogens is 4. The largest absolute Gasteiger partial charge is 0.561 e. The van der Waals surface area contributed by atoms with Gasteiger partial charge in [0.05, 0.1) is 47.6 Å². The van der Waals surface area contributed by atoms with Crippen LogP contribution in [0, 0.1) is 6.57 Å². The summed E-state index contributed by atoms with van der Waals surface area (Å²) < 4.78 is 25.5. The second-order valence-electron chi connectivity index (χ2n) is 8.76. The quantitative estimate of drug-likeness (QED) is 0.0388. The molecule has 1 heterocycles. The van der Waals surface area contributed by atoms with Crippen LogP contribution in [0.3, 0.4) is 0 Å². The number of benzene rings is 3. The Balaban J connectivity index is 0.000000344. The molecule has 4 rings (SSSR count). The van der Waals surface area contributed by atoms with Gasteiger partial charge >= 0.3 is 12.1 Å². The fourth-order valence-electron chi connectivity index (χ4n) is 3.27. The number of amides is 1. The Kier molecular flexibility index (Phi) is 20.7. The highest BCUT2D eigenvalue weighted by Crippen LogP contribution is 2.14. The summed E-state index contributed by atoms with van der Waals surface area (Å²) in [4.78, 5) is 26.6. The number of halogens is 1. The SMILES string of the molecule is CCOC(=O)c1nnnn1Cc1ccc(OC)cc1.COc1ccc(CBr)cc1.COc1ccc(CN=[N+]=[N-])cc1.[C-]#[N+]C(=O)OCC. The van der Waals surface area contributed by atoms with Crippen molar-refractivity contribution in [1.29, 1.82) is 0 Å². The average Bonchev–Trinajstić information content (AvgIpc) is 3.60. The van der Waals surface area contributed by atoms with Crippen LogP contribution in [0.2, 0.25) is 0 Å². The van der Waals surface area contributed by atoms with Crippen molar-refractivity contribution in [3.63, 3.8) is 0 Å². The van der Waals surface area contributed by atoms with Crippen LogP contribution in [0.4, 0.5) is 4.79 Å². The fourth-order valence-corrected chi connectivity index (χ4v) is 3.65.